The molecule has 0 saturated carbocycles. The summed E-state index contributed by atoms with van der Waals surface area (Å²) in [6, 6.07) is 7.48. The van der Waals surface area contributed by atoms with Crippen LogP contribution in [0.1, 0.15) is 27.7 Å². The van der Waals surface area contributed by atoms with Crippen LogP contribution < -0.4 is 0 Å². The molecule has 0 spiro atoms. The summed E-state index contributed by atoms with van der Waals surface area (Å²) in [6.07, 6.45) is 4.93. The van der Waals surface area contributed by atoms with Crippen LogP contribution in [0, 0.1) is 0 Å². The van der Waals surface area contributed by atoms with Gasteiger partial charge in [-0.2, -0.15) is 5.10 Å². The van der Waals surface area contributed by atoms with Crippen LogP contribution in [-0.4, -0.2) is 33.1 Å². The fourth-order valence-electron chi connectivity index (χ4n) is 2.35. The maximum Gasteiger partial charge on any atom is 0.524 e. The van der Waals surface area contributed by atoms with Crippen molar-refractivity contribution in [3.8, 4) is 11.4 Å². The van der Waals surface area contributed by atoms with Gasteiger partial charge >= 0.3 is 7.12 Å². The Kier molecular flexibility index (Phi) is 4.32. The molecule has 2 aromatic heterocycles. The van der Waals surface area contributed by atoms with E-state index in [0.717, 1.165) is 11.4 Å². The second-order valence-corrected chi connectivity index (χ2v) is 6.82. The van der Waals surface area contributed by atoms with E-state index in [2.05, 4.69) is 10.1 Å². The van der Waals surface area contributed by atoms with Gasteiger partial charge in [-0.3, -0.25) is 9.67 Å². The van der Waals surface area contributed by atoms with Crippen LogP contribution in [0.5, 0.6) is 0 Å². The molecule has 2 aromatic rings. The van der Waals surface area contributed by atoms with Gasteiger partial charge in [-0.1, -0.05) is 6.07 Å². The Morgan fingerprint density at radius 3 is 2.50 bits per heavy atom. The Balaban J connectivity index is 1.67. The van der Waals surface area contributed by atoms with Crippen molar-refractivity contribution in [2.24, 2.45) is 0 Å². The number of hydrogen-bond acceptors (Lipinski definition) is 4. The summed E-state index contributed by atoms with van der Waals surface area (Å²) in [5.41, 5.74) is -0.0169. The van der Waals surface area contributed by atoms with Crippen LogP contribution in [-0.2, 0) is 15.9 Å². The van der Waals surface area contributed by atoms with Gasteiger partial charge in [0.2, 0.25) is 0 Å². The molecule has 1 aliphatic rings. The minimum Gasteiger partial charge on any atom is -0.398 e. The quantitative estimate of drug-likeness (QED) is 0.807. The minimum atomic E-state index is -0.971. The molecular weight excluding hydrogens is 308 g/mol. The summed E-state index contributed by atoms with van der Waals surface area (Å²) in [5, 5.41) is 4.40. The predicted molar refractivity (Wildman–Crippen MR) is 90.7 cm³/mol. The van der Waals surface area contributed by atoms with Crippen molar-refractivity contribution in [3.05, 3.63) is 48.5 Å². The molecule has 3 heterocycles. The molecular formula is C17H21BFN3O2. The van der Waals surface area contributed by atoms with E-state index in [1.165, 1.54) is 6.08 Å². The molecule has 0 aromatic carbocycles. The third kappa shape index (κ3) is 3.27. The molecule has 7 heteroatoms. The third-order valence-electron chi connectivity index (χ3n) is 4.52. The van der Waals surface area contributed by atoms with E-state index in [9.17, 15) is 4.39 Å². The van der Waals surface area contributed by atoms with Crippen LogP contribution in [0.4, 0.5) is 4.39 Å². The van der Waals surface area contributed by atoms with E-state index in [1.54, 1.807) is 17.1 Å². The summed E-state index contributed by atoms with van der Waals surface area (Å²) in [5.74, 6) is 0. The molecule has 0 aliphatic carbocycles. The van der Waals surface area contributed by atoms with Gasteiger partial charge in [-0.25, -0.2) is 4.39 Å². The first-order valence-electron chi connectivity index (χ1n) is 7.94. The molecule has 0 atom stereocenters. The number of aromatic nitrogens is 3. The molecule has 0 radical (unpaired) electrons. The van der Waals surface area contributed by atoms with Gasteiger partial charge in [0.1, 0.15) is 11.4 Å². The van der Waals surface area contributed by atoms with Gasteiger partial charge in [0, 0.05) is 12.4 Å². The molecule has 1 fully saturated rings. The number of halogens is 1. The molecule has 0 N–H and O–H groups in total. The Hall–Kier alpha value is -1.99. The van der Waals surface area contributed by atoms with E-state index >= 15 is 0 Å². The molecule has 24 heavy (non-hydrogen) atoms. The summed E-state index contributed by atoms with van der Waals surface area (Å²) in [6.45, 7) is 7.88. The molecule has 0 unspecified atom stereocenters. The molecule has 126 valence electrons. The third-order valence-corrected chi connectivity index (χ3v) is 4.52. The molecule has 0 bridgehead atoms. The van der Waals surface area contributed by atoms with Gasteiger partial charge in [0.25, 0.3) is 0 Å². The first kappa shape index (κ1) is 16.9. The summed E-state index contributed by atoms with van der Waals surface area (Å²) < 4.78 is 27.4. The second-order valence-electron chi connectivity index (χ2n) is 6.82. The van der Waals surface area contributed by atoms with Crippen molar-refractivity contribution < 1.29 is 13.7 Å². The van der Waals surface area contributed by atoms with Crippen molar-refractivity contribution >= 4 is 7.12 Å². The Bertz CT molecular complexity index is 727. The minimum absolute atomic E-state index is 0.294. The molecule has 1 saturated heterocycles. The Labute approximate surface area is 141 Å². The first-order chi connectivity index (χ1) is 11.3. The van der Waals surface area contributed by atoms with Crippen molar-refractivity contribution in [2.45, 2.75) is 45.4 Å². The number of nitrogens with zero attached hydrogens (tertiary/aromatic N) is 3. The topological polar surface area (TPSA) is 49.2 Å². The van der Waals surface area contributed by atoms with Crippen molar-refractivity contribution in [1.29, 1.82) is 0 Å². The molecule has 0 amide bonds. The van der Waals surface area contributed by atoms with Gasteiger partial charge in [0.15, 0.2) is 0 Å². The zero-order valence-corrected chi connectivity index (χ0v) is 14.4. The summed E-state index contributed by atoms with van der Waals surface area (Å²) >= 11 is 0. The predicted octanol–water partition coefficient (Wildman–Crippen LogP) is 3.43. The van der Waals surface area contributed by atoms with E-state index in [4.69, 9.17) is 9.31 Å². The lowest BCUT2D eigenvalue weighted by atomic mass is 9.88. The zero-order chi connectivity index (χ0) is 17.4. The lowest BCUT2D eigenvalue weighted by molar-refractivity contribution is 0.00578. The zero-order valence-electron chi connectivity index (χ0n) is 14.4. The highest BCUT2D eigenvalue weighted by Crippen LogP contribution is 2.38. The smallest absolute Gasteiger partial charge is 0.398 e. The van der Waals surface area contributed by atoms with Crippen LogP contribution in [0.25, 0.3) is 11.4 Å². The first-order valence-corrected chi connectivity index (χ1v) is 7.94. The Morgan fingerprint density at radius 2 is 1.88 bits per heavy atom. The molecule has 1 aliphatic heterocycles. The van der Waals surface area contributed by atoms with Crippen LogP contribution >= 0.6 is 0 Å². The summed E-state index contributed by atoms with van der Waals surface area (Å²) in [4.78, 5) is 4.25. The van der Waals surface area contributed by atoms with Crippen molar-refractivity contribution in [2.75, 3.05) is 0 Å². The van der Waals surface area contributed by atoms with E-state index < -0.39 is 24.0 Å². The van der Waals surface area contributed by atoms with E-state index in [0.29, 0.717) is 6.54 Å². The van der Waals surface area contributed by atoms with Gasteiger partial charge in [-0.05, 0) is 52.0 Å². The average molecular weight is 329 g/mol. The standard InChI is InChI=1S/C17H21BFN3O2/c1-16(2)17(3,4)24-18(23-16)15(19)9-12-22-11-8-14(21-22)13-7-5-6-10-20-13/h5-11H,12H2,1-4H3. The van der Waals surface area contributed by atoms with Crippen LogP contribution in [0.2, 0.25) is 0 Å². The highest BCUT2D eigenvalue weighted by molar-refractivity contribution is 6.53. The Morgan fingerprint density at radius 1 is 1.17 bits per heavy atom. The number of rotatable bonds is 4. The average Bonchev–Trinajstić information content (AvgIpc) is 3.08. The van der Waals surface area contributed by atoms with Gasteiger partial charge in [-0.15, -0.1) is 0 Å². The SMILES string of the molecule is CC1(C)OB(C(F)=CCn2ccc(-c3ccccn3)n2)OC1(C)C. The lowest BCUT2D eigenvalue weighted by Gasteiger charge is -2.32. The van der Waals surface area contributed by atoms with Crippen molar-refractivity contribution in [1.82, 2.24) is 14.8 Å². The largest absolute Gasteiger partial charge is 0.524 e. The highest BCUT2D eigenvalue weighted by Gasteiger charge is 2.52. The van der Waals surface area contributed by atoms with E-state index in [1.807, 2.05) is 52.0 Å². The maximum absolute atomic E-state index is 14.4. The normalized spacial score (nSPS) is 19.7. The maximum atomic E-state index is 14.4. The van der Waals surface area contributed by atoms with Gasteiger partial charge in [0.05, 0.1) is 23.4 Å². The lowest BCUT2D eigenvalue weighted by Crippen LogP contribution is -2.41. The second kappa shape index (κ2) is 6.14. The number of allylic oxidation sites excluding steroid dienone is 1. The fourth-order valence-corrected chi connectivity index (χ4v) is 2.35. The van der Waals surface area contributed by atoms with Crippen molar-refractivity contribution in [3.63, 3.8) is 0 Å². The number of hydrogen-bond donors (Lipinski definition) is 0. The fraction of sp³-hybridized carbons (Fsp3) is 0.412. The number of pyridine rings is 1. The van der Waals surface area contributed by atoms with Gasteiger partial charge < -0.3 is 9.31 Å². The van der Waals surface area contributed by atoms with E-state index in [-0.39, 0.29) is 0 Å². The van der Waals surface area contributed by atoms with Crippen LogP contribution in [0.15, 0.2) is 48.5 Å². The highest BCUT2D eigenvalue weighted by atomic mass is 19.1. The van der Waals surface area contributed by atoms with Crippen LogP contribution in [0.3, 0.4) is 0 Å². The monoisotopic (exact) mass is 329 g/mol. The molecule has 3 rings (SSSR count). The summed E-state index contributed by atoms with van der Waals surface area (Å²) in [7, 11) is -0.971. The molecule has 5 nitrogen and oxygen atoms in total.